The summed E-state index contributed by atoms with van der Waals surface area (Å²) in [6.07, 6.45) is 0. The van der Waals surface area contributed by atoms with E-state index in [4.69, 9.17) is 27.9 Å². The van der Waals surface area contributed by atoms with E-state index in [-0.39, 0.29) is 15.7 Å². The highest BCUT2D eigenvalue weighted by Crippen LogP contribution is 2.28. The molecule has 1 aliphatic rings. The highest BCUT2D eigenvalue weighted by Gasteiger charge is 2.30. The lowest BCUT2D eigenvalue weighted by Gasteiger charge is -2.34. The van der Waals surface area contributed by atoms with Crippen molar-refractivity contribution in [3.8, 4) is 5.75 Å². The van der Waals surface area contributed by atoms with Crippen molar-refractivity contribution in [2.24, 2.45) is 0 Å². The molecular weight excluding hydrogens is 414 g/mol. The summed E-state index contributed by atoms with van der Waals surface area (Å²) in [6.45, 7) is 2.25. The fraction of sp³-hybridized carbons (Fsp3) is 0.333. The van der Waals surface area contributed by atoms with Crippen LogP contribution in [0, 0.1) is 5.82 Å². The highest BCUT2D eigenvalue weighted by atomic mass is 35.5. The van der Waals surface area contributed by atoms with Crippen LogP contribution in [-0.2, 0) is 16.6 Å². The first-order chi connectivity index (χ1) is 12.8. The third kappa shape index (κ3) is 4.55. The zero-order chi connectivity index (χ0) is 19.6. The van der Waals surface area contributed by atoms with Crippen molar-refractivity contribution in [1.29, 1.82) is 0 Å². The van der Waals surface area contributed by atoms with Crippen LogP contribution in [0.1, 0.15) is 5.56 Å². The summed E-state index contributed by atoms with van der Waals surface area (Å²) < 4.78 is 45.8. The second kappa shape index (κ2) is 8.32. The smallest absolute Gasteiger partial charge is 0.244 e. The lowest BCUT2D eigenvalue weighted by Crippen LogP contribution is -2.48. The van der Waals surface area contributed by atoms with Crippen molar-refractivity contribution in [2.45, 2.75) is 11.4 Å². The molecule has 0 spiro atoms. The fourth-order valence-electron chi connectivity index (χ4n) is 3.01. The molecule has 0 bridgehead atoms. The Morgan fingerprint density at radius 3 is 2.41 bits per heavy atom. The van der Waals surface area contributed by atoms with Gasteiger partial charge in [0.1, 0.15) is 4.90 Å². The zero-order valence-corrected chi connectivity index (χ0v) is 17.0. The number of hydrogen-bond donors (Lipinski definition) is 0. The number of piperazine rings is 1. The van der Waals surface area contributed by atoms with Crippen molar-refractivity contribution in [1.82, 2.24) is 9.21 Å². The minimum atomic E-state index is -3.71. The van der Waals surface area contributed by atoms with Gasteiger partial charge in [-0.25, -0.2) is 12.8 Å². The summed E-state index contributed by atoms with van der Waals surface area (Å²) in [5.41, 5.74) is 0.808. The Hall–Kier alpha value is -1.38. The quantitative estimate of drug-likeness (QED) is 0.723. The molecule has 1 heterocycles. The van der Waals surface area contributed by atoms with Gasteiger partial charge in [-0.15, -0.1) is 0 Å². The van der Waals surface area contributed by atoms with Crippen LogP contribution < -0.4 is 4.74 Å². The normalized spacial score (nSPS) is 16.4. The summed E-state index contributed by atoms with van der Waals surface area (Å²) >= 11 is 12.0. The number of nitrogens with zero attached hydrogens (tertiary/aromatic N) is 2. The molecule has 1 aliphatic heterocycles. The molecule has 9 heteroatoms. The maximum atomic E-state index is 13.8. The number of sulfonamides is 1. The van der Waals surface area contributed by atoms with E-state index in [0.717, 1.165) is 5.56 Å². The van der Waals surface area contributed by atoms with Crippen LogP contribution in [0.4, 0.5) is 4.39 Å². The first kappa shape index (κ1) is 20.4. The molecule has 0 saturated carbocycles. The summed E-state index contributed by atoms with van der Waals surface area (Å²) in [7, 11) is -2.29. The average molecular weight is 433 g/mol. The monoisotopic (exact) mass is 432 g/mol. The van der Waals surface area contributed by atoms with Crippen LogP contribution in [0.3, 0.4) is 0 Å². The topological polar surface area (TPSA) is 49.9 Å². The minimum absolute atomic E-state index is 0.0161. The van der Waals surface area contributed by atoms with E-state index in [1.165, 1.54) is 29.6 Å². The van der Waals surface area contributed by atoms with Crippen LogP contribution in [-0.4, -0.2) is 50.9 Å². The van der Waals surface area contributed by atoms with Gasteiger partial charge in [-0.05, 0) is 35.9 Å². The Kier molecular flexibility index (Phi) is 6.28. The third-order valence-corrected chi connectivity index (χ3v) is 7.08. The molecule has 1 fully saturated rings. The largest absolute Gasteiger partial charge is 0.494 e. The highest BCUT2D eigenvalue weighted by molar-refractivity contribution is 7.89. The van der Waals surface area contributed by atoms with E-state index < -0.39 is 15.8 Å². The lowest BCUT2D eigenvalue weighted by molar-refractivity contribution is 0.181. The number of methoxy groups -OCH3 is 1. The summed E-state index contributed by atoms with van der Waals surface area (Å²) in [5.74, 6) is -0.208. The van der Waals surface area contributed by atoms with E-state index >= 15 is 0 Å². The van der Waals surface area contributed by atoms with Crippen LogP contribution >= 0.6 is 23.2 Å². The Labute approximate surface area is 168 Å². The Morgan fingerprint density at radius 2 is 1.78 bits per heavy atom. The molecule has 0 aromatic heterocycles. The first-order valence-corrected chi connectivity index (χ1v) is 10.5. The van der Waals surface area contributed by atoms with Gasteiger partial charge in [-0.2, -0.15) is 4.31 Å². The number of rotatable bonds is 5. The summed E-state index contributed by atoms with van der Waals surface area (Å²) in [4.78, 5) is 2.09. The maximum absolute atomic E-state index is 13.8. The SMILES string of the molecule is COc1ccc(CN2CCN(S(=O)(=O)c3cc(Cl)ccc3Cl)CC2)cc1F. The minimum Gasteiger partial charge on any atom is -0.494 e. The van der Waals surface area contributed by atoms with E-state index in [0.29, 0.717) is 37.7 Å². The van der Waals surface area contributed by atoms with Gasteiger partial charge in [0.05, 0.1) is 12.1 Å². The van der Waals surface area contributed by atoms with Gasteiger partial charge < -0.3 is 4.74 Å². The Balaban J connectivity index is 1.66. The Bertz CT molecular complexity index is 932. The standard InChI is InChI=1S/C18H19Cl2FN2O3S/c1-26-17-5-2-13(10-16(17)21)12-22-6-8-23(9-7-22)27(24,25)18-11-14(19)3-4-15(18)20/h2-5,10-11H,6-9,12H2,1H3. The van der Waals surface area contributed by atoms with Gasteiger partial charge in [0.25, 0.3) is 0 Å². The van der Waals surface area contributed by atoms with Gasteiger partial charge in [0.2, 0.25) is 10.0 Å². The van der Waals surface area contributed by atoms with Crippen molar-refractivity contribution < 1.29 is 17.5 Å². The molecule has 0 aliphatic carbocycles. The molecular formula is C18H19Cl2FN2O3S. The number of ether oxygens (including phenoxy) is 1. The molecule has 2 aromatic rings. The molecule has 1 saturated heterocycles. The second-order valence-electron chi connectivity index (χ2n) is 6.22. The van der Waals surface area contributed by atoms with E-state index in [9.17, 15) is 12.8 Å². The van der Waals surface area contributed by atoms with Crippen molar-refractivity contribution in [3.63, 3.8) is 0 Å². The molecule has 146 valence electrons. The molecule has 5 nitrogen and oxygen atoms in total. The van der Waals surface area contributed by atoms with Gasteiger partial charge in [0, 0.05) is 37.7 Å². The number of benzene rings is 2. The van der Waals surface area contributed by atoms with Crippen LogP contribution in [0.2, 0.25) is 10.0 Å². The van der Waals surface area contributed by atoms with Gasteiger partial charge in [-0.3, -0.25) is 4.90 Å². The molecule has 0 unspecified atom stereocenters. The van der Waals surface area contributed by atoms with Gasteiger partial charge in [0.15, 0.2) is 11.6 Å². The number of hydrogen-bond acceptors (Lipinski definition) is 4. The predicted molar refractivity (Wildman–Crippen MR) is 103 cm³/mol. The van der Waals surface area contributed by atoms with Gasteiger partial charge in [-0.1, -0.05) is 29.3 Å². The average Bonchev–Trinajstić information content (AvgIpc) is 2.64. The first-order valence-electron chi connectivity index (χ1n) is 8.31. The molecule has 3 rings (SSSR count). The van der Waals surface area contributed by atoms with Crippen LogP contribution in [0.5, 0.6) is 5.75 Å². The van der Waals surface area contributed by atoms with E-state index in [2.05, 4.69) is 4.90 Å². The summed E-state index contributed by atoms with van der Waals surface area (Å²) in [6, 6.07) is 9.22. The molecule has 27 heavy (non-hydrogen) atoms. The molecule has 0 N–H and O–H groups in total. The third-order valence-electron chi connectivity index (χ3n) is 4.46. The fourth-order valence-corrected chi connectivity index (χ4v) is 5.17. The second-order valence-corrected chi connectivity index (χ2v) is 8.97. The van der Waals surface area contributed by atoms with Crippen molar-refractivity contribution >= 4 is 33.2 Å². The van der Waals surface area contributed by atoms with E-state index in [1.807, 2.05) is 0 Å². The lowest BCUT2D eigenvalue weighted by atomic mass is 10.2. The summed E-state index contributed by atoms with van der Waals surface area (Å²) in [5, 5.41) is 0.466. The van der Waals surface area contributed by atoms with E-state index in [1.54, 1.807) is 18.2 Å². The molecule has 0 radical (unpaired) electrons. The van der Waals surface area contributed by atoms with Gasteiger partial charge >= 0.3 is 0 Å². The van der Waals surface area contributed by atoms with Crippen molar-refractivity contribution in [2.75, 3.05) is 33.3 Å². The molecule has 0 atom stereocenters. The molecule has 2 aromatic carbocycles. The predicted octanol–water partition coefficient (Wildman–Crippen LogP) is 3.65. The Morgan fingerprint density at radius 1 is 1.07 bits per heavy atom. The van der Waals surface area contributed by atoms with Crippen LogP contribution in [0.25, 0.3) is 0 Å². The van der Waals surface area contributed by atoms with Crippen LogP contribution in [0.15, 0.2) is 41.3 Å². The molecule has 0 amide bonds. The van der Waals surface area contributed by atoms with Crippen molar-refractivity contribution in [3.05, 3.63) is 57.8 Å². The maximum Gasteiger partial charge on any atom is 0.244 e. The number of halogens is 3. The zero-order valence-electron chi connectivity index (χ0n) is 14.7.